The van der Waals surface area contributed by atoms with E-state index < -0.39 is 12.3 Å². The van der Waals surface area contributed by atoms with Crippen molar-refractivity contribution in [2.24, 2.45) is 0 Å². The Hall–Kier alpha value is -1.46. The maximum Gasteiger partial charge on any atom is 0.509 e. The van der Waals surface area contributed by atoms with Gasteiger partial charge in [0.2, 0.25) is 0 Å². The normalized spacial score (nSPS) is 32.6. The molecule has 0 aromatic carbocycles. The topological polar surface area (TPSA) is 71.1 Å². The summed E-state index contributed by atoms with van der Waals surface area (Å²) in [4.78, 5) is 20.9. The Morgan fingerprint density at radius 3 is 1.37 bits per heavy atom. The van der Waals surface area contributed by atoms with Crippen molar-refractivity contribution in [1.29, 1.82) is 0 Å². The van der Waals surface area contributed by atoms with E-state index in [9.17, 15) is 9.59 Å². The molecule has 2 fully saturated rings. The minimum atomic E-state index is -0.533. The zero-order chi connectivity index (χ0) is 14.4. The number of carbonyl (C=O) groups is 2. The lowest BCUT2D eigenvalue weighted by Gasteiger charge is -2.09. The zero-order valence-electron chi connectivity index (χ0n) is 11.9. The van der Waals surface area contributed by atoms with Crippen molar-refractivity contribution in [3.8, 4) is 0 Å². The third-order valence-electron chi connectivity index (χ3n) is 3.17. The summed E-state index contributed by atoms with van der Waals surface area (Å²) in [6.45, 7) is 7.76. The van der Waals surface area contributed by atoms with Crippen LogP contribution in [0.2, 0.25) is 0 Å². The first-order chi connectivity index (χ1) is 9.01. The summed E-state index contributed by atoms with van der Waals surface area (Å²) in [7, 11) is 0. The molecule has 0 spiro atoms. The minimum absolute atomic E-state index is 0.0162. The van der Waals surface area contributed by atoms with Crippen molar-refractivity contribution in [3.05, 3.63) is 0 Å². The SMILES string of the molecule is CCC1OC(=O)OC1C.CCC1OC(=O)OC1CC. The van der Waals surface area contributed by atoms with Crippen LogP contribution in [0.25, 0.3) is 0 Å². The van der Waals surface area contributed by atoms with E-state index in [4.69, 9.17) is 18.9 Å². The van der Waals surface area contributed by atoms with Gasteiger partial charge in [0.1, 0.15) is 24.4 Å². The van der Waals surface area contributed by atoms with E-state index in [2.05, 4.69) is 0 Å². The van der Waals surface area contributed by atoms with E-state index in [1.165, 1.54) is 0 Å². The Balaban J connectivity index is 0.000000191. The molecule has 4 atom stereocenters. The first kappa shape index (κ1) is 15.6. The summed E-state index contributed by atoms with van der Waals surface area (Å²) in [6, 6.07) is 0. The second-order valence-electron chi connectivity index (χ2n) is 4.52. The number of rotatable bonds is 3. The molecule has 0 aromatic heterocycles. The van der Waals surface area contributed by atoms with E-state index >= 15 is 0 Å². The summed E-state index contributed by atoms with van der Waals surface area (Å²) in [5.41, 5.74) is 0. The molecule has 6 heteroatoms. The van der Waals surface area contributed by atoms with E-state index in [-0.39, 0.29) is 24.4 Å². The second-order valence-corrected chi connectivity index (χ2v) is 4.52. The molecule has 2 saturated heterocycles. The van der Waals surface area contributed by atoms with Gasteiger partial charge in [0.05, 0.1) is 0 Å². The van der Waals surface area contributed by atoms with Gasteiger partial charge in [-0.1, -0.05) is 20.8 Å². The highest BCUT2D eigenvalue weighted by atomic mass is 16.8. The fourth-order valence-corrected chi connectivity index (χ4v) is 2.01. The summed E-state index contributed by atoms with van der Waals surface area (Å²) < 4.78 is 19.2. The Labute approximate surface area is 113 Å². The number of hydrogen-bond acceptors (Lipinski definition) is 6. The van der Waals surface area contributed by atoms with Gasteiger partial charge >= 0.3 is 12.3 Å². The molecule has 19 heavy (non-hydrogen) atoms. The summed E-state index contributed by atoms with van der Waals surface area (Å²) >= 11 is 0. The first-order valence-electron chi connectivity index (χ1n) is 6.76. The van der Waals surface area contributed by atoms with Crippen LogP contribution in [0, 0.1) is 0 Å². The van der Waals surface area contributed by atoms with Crippen LogP contribution >= 0.6 is 0 Å². The van der Waals surface area contributed by atoms with Gasteiger partial charge in [-0.25, -0.2) is 9.59 Å². The Morgan fingerprint density at radius 1 is 0.737 bits per heavy atom. The van der Waals surface area contributed by atoms with Crippen LogP contribution in [0.15, 0.2) is 0 Å². The molecule has 0 aliphatic carbocycles. The van der Waals surface area contributed by atoms with E-state index in [0.29, 0.717) is 0 Å². The van der Waals surface area contributed by atoms with Gasteiger partial charge in [0.25, 0.3) is 0 Å². The predicted molar refractivity (Wildman–Crippen MR) is 66.8 cm³/mol. The molecule has 0 bridgehead atoms. The number of ether oxygens (including phenoxy) is 4. The van der Waals surface area contributed by atoms with Crippen LogP contribution in [0.1, 0.15) is 47.0 Å². The number of hydrogen-bond donors (Lipinski definition) is 0. The lowest BCUT2D eigenvalue weighted by molar-refractivity contribution is 0.114. The Morgan fingerprint density at radius 2 is 1.11 bits per heavy atom. The highest BCUT2D eigenvalue weighted by molar-refractivity contribution is 5.62. The molecule has 2 rings (SSSR count). The summed E-state index contributed by atoms with van der Waals surface area (Å²) in [6.07, 6.45) is 1.32. The maximum atomic E-state index is 10.5. The molecule has 0 aromatic rings. The molecule has 2 aliphatic rings. The number of cyclic esters (lactones) is 4. The van der Waals surface area contributed by atoms with Crippen LogP contribution in [-0.2, 0) is 18.9 Å². The Kier molecular flexibility index (Phi) is 5.92. The van der Waals surface area contributed by atoms with Crippen LogP contribution in [-0.4, -0.2) is 36.7 Å². The molecule has 0 N–H and O–H groups in total. The highest BCUT2D eigenvalue weighted by Crippen LogP contribution is 2.19. The van der Waals surface area contributed by atoms with Crippen molar-refractivity contribution in [1.82, 2.24) is 0 Å². The van der Waals surface area contributed by atoms with Crippen LogP contribution in [0.5, 0.6) is 0 Å². The molecule has 0 saturated carbocycles. The van der Waals surface area contributed by atoms with Crippen LogP contribution in [0.3, 0.4) is 0 Å². The van der Waals surface area contributed by atoms with Gasteiger partial charge in [-0.05, 0) is 26.2 Å². The molecule has 2 heterocycles. The monoisotopic (exact) mass is 274 g/mol. The van der Waals surface area contributed by atoms with E-state index in [1.54, 1.807) is 0 Å². The quantitative estimate of drug-likeness (QED) is 0.737. The predicted octanol–water partition coefficient (Wildman–Crippen LogP) is 3.03. The van der Waals surface area contributed by atoms with Gasteiger partial charge in [0.15, 0.2) is 0 Å². The molecular formula is C13H22O6. The van der Waals surface area contributed by atoms with Gasteiger partial charge in [-0.3, -0.25) is 0 Å². The Bertz CT molecular complexity index is 302. The molecule has 0 radical (unpaired) electrons. The van der Waals surface area contributed by atoms with Crippen molar-refractivity contribution in [2.75, 3.05) is 0 Å². The maximum absolute atomic E-state index is 10.5. The molecular weight excluding hydrogens is 252 g/mol. The highest BCUT2D eigenvalue weighted by Gasteiger charge is 2.33. The van der Waals surface area contributed by atoms with Crippen LogP contribution in [0.4, 0.5) is 9.59 Å². The smallest absolute Gasteiger partial charge is 0.427 e. The molecule has 0 amide bonds. The average molecular weight is 274 g/mol. The van der Waals surface area contributed by atoms with Crippen molar-refractivity contribution in [2.45, 2.75) is 71.4 Å². The van der Waals surface area contributed by atoms with Crippen LogP contribution < -0.4 is 0 Å². The number of carbonyl (C=O) groups excluding carboxylic acids is 2. The molecule has 4 unspecified atom stereocenters. The first-order valence-corrected chi connectivity index (χ1v) is 6.76. The third kappa shape index (κ3) is 4.29. The largest absolute Gasteiger partial charge is 0.509 e. The van der Waals surface area contributed by atoms with Crippen molar-refractivity contribution in [3.63, 3.8) is 0 Å². The molecule has 2 aliphatic heterocycles. The zero-order valence-corrected chi connectivity index (χ0v) is 11.9. The summed E-state index contributed by atoms with van der Waals surface area (Å²) in [5, 5.41) is 0. The molecule has 6 nitrogen and oxygen atoms in total. The van der Waals surface area contributed by atoms with Gasteiger partial charge in [-0.2, -0.15) is 0 Å². The molecule has 110 valence electrons. The average Bonchev–Trinajstić information content (AvgIpc) is 2.91. The van der Waals surface area contributed by atoms with Gasteiger partial charge < -0.3 is 18.9 Å². The third-order valence-corrected chi connectivity index (χ3v) is 3.17. The summed E-state index contributed by atoms with van der Waals surface area (Å²) in [5.74, 6) is 0. The second kappa shape index (κ2) is 7.21. The van der Waals surface area contributed by atoms with E-state index in [1.807, 2.05) is 27.7 Å². The fourth-order valence-electron chi connectivity index (χ4n) is 2.01. The van der Waals surface area contributed by atoms with Gasteiger partial charge in [-0.15, -0.1) is 0 Å². The minimum Gasteiger partial charge on any atom is -0.427 e. The van der Waals surface area contributed by atoms with Crippen molar-refractivity contribution < 1.29 is 28.5 Å². The lowest BCUT2D eigenvalue weighted by Crippen LogP contribution is -2.20. The van der Waals surface area contributed by atoms with Crippen molar-refractivity contribution >= 4 is 12.3 Å². The fraction of sp³-hybridized carbons (Fsp3) is 0.846. The lowest BCUT2D eigenvalue weighted by atomic mass is 10.1. The van der Waals surface area contributed by atoms with Gasteiger partial charge in [0, 0.05) is 0 Å². The standard InChI is InChI=1S/C7H12O3.C6H10O3/c1-3-5-6(4-2)10-7(8)9-5;1-3-5-4(2)8-6(7)9-5/h5-6H,3-4H2,1-2H3;4-5H,3H2,1-2H3. The van der Waals surface area contributed by atoms with E-state index in [0.717, 1.165) is 19.3 Å².